The molecule has 0 aliphatic carbocycles. The third-order valence-electron chi connectivity index (χ3n) is 2.27. The molecule has 0 amide bonds. The smallest absolute Gasteiger partial charge is 0.0558 e. The number of nitrogens with zero attached hydrogens (tertiary/aromatic N) is 2. The van der Waals surface area contributed by atoms with E-state index < -0.39 is 0 Å². The average molecular weight is 229 g/mol. The van der Waals surface area contributed by atoms with E-state index in [2.05, 4.69) is 9.88 Å². The maximum Gasteiger partial charge on any atom is 0.0558 e. The maximum absolute atomic E-state index is 5.90. The Morgan fingerprint density at radius 3 is 2.93 bits per heavy atom. The second-order valence-corrected chi connectivity index (χ2v) is 5.02. The largest absolute Gasteiger partial charge is 0.296 e. The summed E-state index contributed by atoms with van der Waals surface area (Å²) in [5.74, 6) is 2.47. The molecule has 0 saturated carbocycles. The zero-order valence-electron chi connectivity index (χ0n) is 7.95. The van der Waals surface area contributed by atoms with Gasteiger partial charge in [-0.05, 0) is 12.1 Å². The Bertz CT molecular complexity index is 300. The van der Waals surface area contributed by atoms with Gasteiger partial charge in [0.15, 0.2) is 0 Å². The van der Waals surface area contributed by atoms with Crippen LogP contribution in [0.5, 0.6) is 0 Å². The summed E-state index contributed by atoms with van der Waals surface area (Å²) in [5, 5.41) is 0.779. The minimum Gasteiger partial charge on any atom is -0.296 e. The fourth-order valence-electron chi connectivity index (χ4n) is 1.52. The molecule has 0 radical (unpaired) electrons. The molecule has 0 atom stereocenters. The van der Waals surface area contributed by atoms with Gasteiger partial charge in [-0.1, -0.05) is 11.6 Å². The van der Waals surface area contributed by atoms with Gasteiger partial charge in [0.2, 0.25) is 0 Å². The van der Waals surface area contributed by atoms with Crippen LogP contribution in [0.1, 0.15) is 5.69 Å². The summed E-state index contributed by atoms with van der Waals surface area (Å²) in [6, 6.07) is 3.76. The number of aromatic nitrogens is 1. The molecule has 0 bridgehead atoms. The minimum absolute atomic E-state index is 0.779. The molecule has 1 aliphatic rings. The Labute approximate surface area is 93.7 Å². The number of hydrogen-bond acceptors (Lipinski definition) is 3. The number of rotatable bonds is 2. The summed E-state index contributed by atoms with van der Waals surface area (Å²) in [6.07, 6.45) is 1.77. The molecule has 2 nitrogen and oxygen atoms in total. The summed E-state index contributed by atoms with van der Waals surface area (Å²) in [5.41, 5.74) is 1.07. The first kappa shape index (κ1) is 10.3. The second-order valence-electron chi connectivity index (χ2n) is 3.35. The Morgan fingerprint density at radius 2 is 2.21 bits per heavy atom. The highest BCUT2D eigenvalue weighted by molar-refractivity contribution is 7.99. The van der Waals surface area contributed by atoms with Crippen LogP contribution in [0.3, 0.4) is 0 Å². The summed E-state index contributed by atoms with van der Waals surface area (Å²) in [6.45, 7) is 3.26. The van der Waals surface area contributed by atoms with Crippen LogP contribution in [0.4, 0.5) is 0 Å². The van der Waals surface area contributed by atoms with E-state index in [0.717, 1.165) is 17.3 Å². The highest BCUT2D eigenvalue weighted by atomic mass is 35.5. The van der Waals surface area contributed by atoms with Crippen LogP contribution in [-0.2, 0) is 6.54 Å². The van der Waals surface area contributed by atoms with Gasteiger partial charge in [-0.15, -0.1) is 0 Å². The summed E-state index contributed by atoms with van der Waals surface area (Å²) in [4.78, 5) is 6.73. The Hall–Kier alpha value is -0.250. The van der Waals surface area contributed by atoms with Gasteiger partial charge in [0.25, 0.3) is 0 Å². The first-order chi connectivity index (χ1) is 6.84. The van der Waals surface area contributed by atoms with Crippen molar-refractivity contribution in [1.29, 1.82) is 0 Å². The number of pyridine rings is 1. The average Bonchev–Trinajstić information content (AvgIpc) is 2.19. The quantitative estimate of drug-likeness (QED) is 0.773. The van der Waals surface area contributed by atoms with Crippen LogP contribution in [0.25, 0.3) is 0 Å². The molecule has 1 aromatic heterocycles. The van der Waals surface area contributed by atoms with Crippen LogP contribution in [0.15, 0.2) is 18.3 Å². The van der Waals surface area contributed by atoms with Crippen LogP contribution in [0.2, 0.25) is 5.02 Å². The molecule has 1 saturated heterocycles. The fraction of sp³-hybridized carbons (Fsp3) is 0.500. The van der Waals surface area contributed by atoms with Gasteiger partial charge >= 0.3 is 0 Å². The fourth-order valence-corrected chi connectivity index (χ4v) is 2.68. The van der Waals surface area contributed by atoms with E-state index in [4.69, 9.17) is 11.6 Å². The predicted molar refractivity (Wildman–Crippen MR) is 61.8 cm³/mol. The van der Waals surface area contributed by atoms with Gasteiger partial charge in [-0.3, -0.25) is 9.88 Å². The molecule has 0 N–H and O–H groups in total. The minimum atomic E-state index is 0.779. The van der Waals surface area contributed by atoms with Gasteiger partial charge in [0.1, 0.15) is 0 Å². The highest BCUT2D eigenvalue weighted by Gasteiger charge is 2.10. The lowest BCUT2D eigenvalue weighted by Gasteiger charge is -2.25. The zero-order chi connectivity index (χ0) is 9.80. The molecule has 14 heavy (non-hydrogen) atoms. The van der Waals surface area contributed by atoms with Crippen molar-refractivity contribution in [3.05, 3.63) is 29.0 Å². The van der Waals surface area contributed by atoms with E-state index >= 15 is 0 Å². The topological polar surface area (TPSA) is 16.1 Å². The number of thioether (sulfide) groups is 1. The zero-order valence-corrected chi connectivity index (χ0v) is 9.52. The van der Waals surface area contributed by atoms with Crippen molar-refractivity contribution in [2.45, 2.75) is 6.54 Å². The highest BCUT2D eigenvalue weighted by Crippen LogP contribution is 2.14. The van der Waals surface area contributed by atoms with Crippen LogP contribution in [-0.4, -0.2) is 34.5 Å². The third-order valence-corrected chi connectivity index (χ3v) is 3.45. The molecule has 1 aliphatic heterocycles. The van der Waals surface area contributed by atoms with Crippen molar-refractivity contribution >= 4 is 23.4 Å². The lowest BCUT2D eigenvalue weighted by Crippen LogP contribution is -2.32. The molecule has 0 aromatic carbocycles. The van der Waals surface area contributed by atoms with E-state index in [-0.39, 0.29) is 0 Å². The molecule has 0 unspecified atom stereocenters. The number of hydrogen-bond donors (Lipinski definition) is 0. The lowest BCUT2D eigenvalue weighted by molar-refractivity contribution is 0.291. The van der Waals surface area contributed by atoms with Crippen molar-refractivity contribution in [1.82, 2.24) is 9.88 Å². The SMILES string of the molecule is Clc1ccnc(CN2CCSCC2)c1. The van der Waals surface area contributed by atoms with E-state index in [0.29, 0.717) is 0 Å². The third kappa shape index (κ3) is 2.87. The summed E-state index contributed by atoms with van der Waals surface area (Å²) in [7, 11) is 0. The molecule has 2 rings (SSSR count). The van der Waals surface area contributed by atoms with Gasteiger partial charge in [-0.2, -0.15) is 11.8 Å². The monoisotopic (exact) mass is 228 g/mol. The van der Waals surface area contributed by atoms with E-state index in [1.54, 1.807) is 6.20 Å². The Morgan fingerprint density at radius 1 is 1.43 bits per heavy atom. The second kappa shape index (κ2) is 5.01. The van der Waals surface area contributed by atoms with E-state index in [9.17, 15) is 0 Å². The van der Waals surface area contributed by atoms with Crippen molar-refractivity contribution in [3.8, 4) is 0 Å². The molecule has 1 aromatic rings. The molecule has 4 heteroatoms. The Kier molecular flexibility index (Phi) is 3.67. The van der Waals surface area contributed by atoms with Gasteiger partial charge < -0.3 is 0 Å². The van der Waals surface area contributed by atoms with Gasteiger partial charge in [0, 0.05) is 42.4 Å². The predicted octanol–water partition coefficient (Wildman–Crippen LogP) is 2.28. The van der Waals surface area contributed by atoms with Crippen molar-refractivity contribution in [3.63, 3.8) is 0 Å². The van der Waals surface area contributed by atoms with Gasteiger partial charge in [-0.25, -0.2) is 0 Å². The van der Waals surface area contributed by atoms with Crippen LogP contribution < -0.4 is 0 Å². The van der Waals surface area contributed by atoms with Gasteiger partial charge in [0.05, 0.1) is 5.69 Å². The summed E-state index contributed by atoms with van der Waals surface area (Å²) < 4.78 is 0. The maximum atomic E-state index is 5.90. The molecule has 1 fully saturated rings. The van der Waals surface area contributed by atoms with Crippen molar-refractivity contribution in [2.75, 3.05) is 24.6 Å². The number of halogens is 1. The molecule has 0 spiro atoms. The summed E-state index contributed by atoms with van der Waals surface area (Å²) >= 11 is 7.92. The first-order valence-corrected chi connectivity index (χ1v) is 6.28. The van der Waals surface area contributed by atoms with Crippen molar-refractivity contribution in [2.24, 2.45) is 0 Å². The lowest BCUT2D eigenvalue weighted by atomic mass is 10.3. The normalized spacial score (nSPS) is 18.4. The first-order valence-electron chi connectivity index (χ1n) is 4.75. The molecular weight excluding hydrogens is 216 g/mol. The van der Waals surface area contributed by atoms with Crippen LogP contribution in [0, 0.1) is 0 Å². The van der Waals surface area contributed by atoms with Crippen LogP contribution >= 0.6 is 23.4 Å². The van der Waals surface area contributed by atoms with E-state index in [1.165, 1.54) is 24.6 Å². The molecule has 76 valence electrons. The molecule has 2 heterocycles. The van der Waals surface area contributed by atoms with E-state index in [1.807, 2.05) is 23.9 Å². The van der Waals surface area contributed by atoms with Crippen molar-refractivity contribution < 1.29 is 0 Å². The molecular formula is C10H13ClN2S. The standard InChI is InChI=1S/C10H13ClN2S/c11-9-1-2-12-10(7-9)8-13-3-5-14-6-4-13/h1-2,7H,3-6,8H2. The Balaban J connectivity index is 1.95.